The van der Waals surface area contributed by atoms with Gasteiger partial charge in [-0.2, -0.15) is 0 Å². The van der Waals surface area contributed by atoms with E-state index in [0.717, 1.165) is 12.8 Å². The minimum Gasteiger partial charge on any atom is -0.325 e. The highest BCUT2D eigenvalue weighted by atomic mass is 31.2. The summed E-state index contributed by atoms with van der Waals surface area (Å²) in [5, 5.41) is 0. The number of rotatable bonds is 4. The summed E-state index contributed by atoms with van der Waals surface area (Å²) in [4.78, 5) is 0. The molecule has 0 aromatic rings. The van der Waals surface area contributed by atoms with Crippen molar-refractivity contribution in [3.05, 3.63) is 0 Å². The van der Waals surface area contributed by atoms with Gasteiger partial charge in [-0.3, -0.25) is 0 Å². The van der Waals surface area contributed by atoms with E-state index in [9.17, 15) is 0 Å². The van der Waals surface area contributed by atoms with Gasteiger partial charge in [0.05, 0.1) is 12.2 Å². The quantitative estimate of drug-likeness (QED) is 0.681. The molecular weight excluding hydrogens is 346 g/mol. The summed E-state index contributed by atoms with van der Waals surface area (Å²) in [5.74, 6) is 0. The zero-order chi connectivity index (χ0) is 17.1. The Morgan fingerprint density at radius 3 is 1.58 bits per heavy atom. The fourth-order valence-corrected chi connectivity index (χ4v) is 7.70. The Kier molecular flexibility index (Phi) is 7.28. The van der Waals surface area contributed by atoms with E-state index in [4.69, 9.17) is 18.1 Å². The van der Waals surface area contributed by atoms with Gasteiger partial charge >= 0.3 is 0 Å². The van der Waals surface area contributed by atoms with Crippen molar-refractivity contribution in [3.63, 3.8) is 0 Å². The maximum Gasteiger partial charge on any atom is 0.259 e. The largest absolute Gasteiger partial charge is 0.325 e. The fourth-order valence-electron chi connectivity index (χ4n) is 4.20. The average molecular weight is 378 g/mol. The molecular formula is C16H32N2O4P2. The van der Waals surface area contributed by atoms with Crippen LogP contribution in [0.15, 0.2) is 0 Å². The van der Waals surface area contributed by atoms with Crippen LogP contribution in [0.5, 0.6) is 0 Å². The SMILES string of the molecule is CC[C@@H]1O[P@@](OC)N2CCC[C@H]12.CC[C@H]1O[P@](OC)N2CCC[C@@H]12. The molecule has 4 fully saturated rings. The van der Waals surface area contributed by atoms with Crippen LogP contribution in [0.25, 0.3) is 0 Å². The van der Waals surface area contributed by atoms with Crippen molar-refractivity contribution >= 4 is 17.1 Å². The van der Waals surface area contributed by atoms with E-state index < -0.39 is 17.1 Å². The second-order valence-corrected chi connectivity index (χ2v) is 9.82. The van der Waals surface area contributed by atoms with Crippen molar-refractivity contribution in [2.45, 2.75) is 76.7 Å². The summed E-state index contributed by atoms with van der Waals surface area (Å²) < 4.78 is 27.1. The van der Waals surface area contributed by atoms with E-state index in [1.807, 2.05) is 0 Å². The van der Waals surface area contributed by atoms with E-state index in [-0.39, 0.29) is 0 Å². The molecule has 4 aliphatic rings. The lowest BCUT2D eigenvalue weighted by Crippen LogP contribution is -2.27. The topological polar surface area (TPSA) is 43.4 Å². The standard InChI is InChI=1S/2C8H16NO2P/c2*1-3-8-7-5-4-6-9(7)12(10-2)11-8/h2*7-8H,3-6H2,1-2H3/t2*7-,8+,12-/m10/s1. The Bertz CT molecular complexity index is 338. The number of nitrogens with zero attached hydrogens (tertiary/aromatic N) is 2. The molecule has 0 aliphatic carbocycles. The molecule has 6 atom stereocenters. The van der Waals surface area contributed by atoms with Crippen LogP contribution in [-0.2, 0) is 18.1 Å². The van der Waals surface area contributed by atoms with E-state index in [0.29, 0.717) is 24.3 Å². The molecule has 4 saturated heterocycles. The van der Waals surface area contributed by atoms with Crippen LogP contribution in [0, 0.1) is 0 Å². The molecule has 4 rings (SSSR count). The van der Waals surface area contributed by atoms with Gasteiger partial charge in [0.2, 0.25) is 0 Å². The molecule has 6 nitrogen and oxygen atoms in total. The van der Waals surface area contributed by atoms with Gasteiger partial charge in [0.1, 0.15) is 0 Å². The summed E-state index contributed by atoms with van der Waals surface area (Å²) in [5.41, 5.74) is 0. The average Bonchev–Trinajstić information content (AvgIpc) is 3.35. The van der Waals surface area contributed by atoms with Crippen molar-refractivity contribution < 1.29 is 18.1 Å². The van der Waals surface area contributed by atoms with Crippen molar-refractivity contribution in [2.75, 3.05) is 27.3 Å². The maximum absolute atomic E-state index is 5.80. The second kappa shape index (κ2) is 9.01. The first kappa shape index (κ1) is 19.4. The Morgan fingerprint density at radius 2 is 1.25 bits per heavy atom. The van der Waals surface area contributed by atoms with Gasteiger partial charge < -0.3 is 18.1 Å². The summed E-state index contributed by atoms with van der Waals surface area (Å²) in [6, 6.07) is 1.31. The Labute approximate surface area is 149 Å². The summed E-state index contributed by atoms with van der Waals surface area (Å²) in [7, 11) is 2.11. The predicted octanol–water partition coefficient (Wildman–Crippen LogP) is 4.27. The Balaban J connectivity index is 0.000000141. The molecule has 0 aromatic heterocycles. The third kappa shape index (κ3) is 3.82. The molecule has 4 heterocycles. The van der Waals surface area contributed by atoms with Gasteiger partial charge in [-0.15, -0.1) is 0 Å². The molecule has 0 N–H and O–H groups in total. The highest BCUT2D eigenvalue weighted by Crippen LogP contribution is 2.56. The van der Waals surface area contributed by atoms with Gasteiger partial charge in [0.25, 0.3) is 17.1 Å². The van der Waals surface area contributed by atoms with E-state index in [1.54, 1.807) is 14.2 Å². The smallest absolute Gasteiger partial charge is 0.259 e. The molecule has 0 aromatic carbocycles. The lowest BCUT2D eigenvalue weighted by atomic mass is 10.1. The fraction of sp³-hybridized carbons (Fsp3) is 1.00. The van der Waals surface area contributed by atoms with E-state index in [1.165, 1.54) is 38.8 Å². The van der Waals surface area contributed by atoms with Crippen LogP contribution < -0.4 is 0 Å². The van der Waals surface area contributed by atoms with Crippen molar-refractivity contribution in [1.82, 2.24) is 9.34 Å². The van der Waals surface area contributed by atoms with Crippen LogP contribution in [0.2, 0.25) is 0 Å². The maximum atomic E-state index is 5.80. The first-order chi connectivity index (χ1) is 11.7. The minimum absolute atomic E-state index is 0.429. The second-order valence-electron chi connectivity index (χ2n) is 6.69. The molecule has 24 heavy (non-hydrogen) atoms. The van der Waals surface area contributed by atoms with E-state index in [2.05, 4.69) is 23.2 Å². The van der Waals surface area contributed by atoms with Crippen LogP contribution >= 0.6 is 17.1 Å². The van der Waals surface area contributed by atoms with Gasteiger partial charge in [-0.1, -0.05) is 13.8 Å². The zero-order valence-electron chi connectivity index (χ0n) is 15.4. The van der Waals surface area contributed by atoms with Gasteiger partial charge in [0, 0.05) is 39.4 Å². The Hall–Kier alpha value is 0.620. The molecule has 4 aliphatic heterocycles. The highest BCUT2D eigenvalue weighted by molar-refractivity contribution is 7.45. The molecule has 0 unspecified atom stereocenters. The Morgan fingerprint density at radius 1 is 0.833 bits per heavy atom. The van der Waals surface area contributed by atoms with Crippen molar-refractivity contribution in [3.8, 4) is 0 Å². The number of fused-ring (bicyclic) bond motifs is 2. The lowest BCUT2D eigenvalue weighted by molar-refractivity contribution is 0.192. The highest BCUT2D eigenvalue weighted by Gasteiger charge is 2.46. The first-order valence-corrected chi connectivity index (χ1v) is 11.5. The third-order valence-corrected chi connectivity index (χ3v) is 8.75. The molecule has 140 valence electrons. The summed E-state index contributed by atoms with van der Waals surface area (Å²) in [6.07, 6.45) is 8.30. The summed E-state index contributed by atoms with van der Waals surface area (Å²) >= 11 is 0. The predicted molar refractivity (Wildman–Crippen MR) is 97.6 cm³/mol. The third-order valence-electron chi connectivity index (χ3n) is 5.39. The molecule has 0 amide bonds. The first-order valence-electron chi connectivity index (χ1n) is 9.28. The summed E-state index contributed by atoms with van der Waals surface area (Å²) in [6.45, 7) is 6.72. The zero-order valence-corrected chi connectivity index (χ0v) is 17.2. The van der Waals surface area contributed by atoms with Crippen molar-refractivity contribution in [1.29, 1.82) is 0 Å². The lowest BCUT2D eigenvalue weighted by Gasteiger charge is -2.17. The minimum atomic E-state index is -0.695. The van der Waals surface area contributed by atoms with Crippen LogP contribution in [0.3, 0.4) is 0 Å². The van der Waals surface area contributed by atoms with Gasteiger partial charge in [0.15, 0.2) is 0 Å². The molecule has 0 saturated carbocycles. The van der Waals surface area contributed by atoms with Crippen LogP contribution in [0.1, 0.15) is 52.4 Å². The van der Waals surface area contributed by atoms with Crippen LogP contribution in [-0.4, -0.2) is 60.9 Å². The molecule has 0 spiro atoms. The van der Waals surface area contributed by atoms with Crippen molar-refractivity contribution in [2.24, 2.45) is 0 Å². The monoisotopic (exact) mass is 378 g/mol. The number of hydrogen-bond acceptors (Lipinski definition) is 6. The molecule has 0 bridgehead atoms. The molecule has 8 heteroatoms. The number of hydrogen-bond donors (Lipinski definition) is 0. The van der Waals surface area contributed by atoms with Gasteiger partial charge in [-0.05, 0) is 38.5 Å². The van der Waals surface area contributed by atoms with E-state index >= 15 is 0 Å². The van der Waals surface area contributed by atoms with Gasteiger partial charge in [-0.25, -0.2) is 9.34 Å². The normalized spacial score (nSPS) is 42.0. The van der Waals surface area contributed by atoms with Crippen LogP contribution in [0.4, 0.5) is 0 Å². The molecule has 0 radical (unpaired) electrons.